The zero-order valence-corrected chi connectivity index (χ0v) is 18.4. The Bertz CT molecular complexity index is 666. The van der Waals surface area contributed by atoms with Crippen LogP contribution >= 0.6 is 0 Å². The van der Waals surface area contributed by atoms with E-state index in [1.54, 1.807) is 45.0 Å². The van der Waals surface area contributed by atoms with E-state index in [4.69, 9.17) is 9.47 Å². The second-order valence-electron chi connectivity index (χ2n) is 9.69. The van der Waals surface area contributed by atoms with Gasteiger partial charge in [-0.25, -0.2) is 4.79 Å². The maximum atomic E-state index is 13.0. The molecule has 1 amide bonds. The molecule has 0 fully saturated rings. The number of hydrogen-bond donors (Lipinski definition) is 2. The highest BCUT2D eigenvalue weighted by atomic mass is 16.6. The van der Waals surface area contributed by atoms with Gasteiger partial charge < -0.3 is 19.9 Å². The third kappa shape index (κ3) is 9.74. The van der Waals surface area contributed by atoms with Gasteiger partial charge in [-0.3, -0.25) is 4.79 Å². The molecule has 0 aromatic heterocycles. The Labute approximate surface area is 168 Å². The van der Waals surface area contributed by atoms with Crippen LogP contribution in [0.5, 0.6) is 5.75 Å². The average Bonchev–Trinajstić information content (AvgIpc) is 2.43. The molecule has 0 heterocycles. The zero-order valence-electron chi connectivity index (χ0n) is 18.4. The van der Waals surface area contributed by atoms with Crippen molar-refractivity contribution >= 4 is 11.9 Å². The first-order valence-electron chi connectivity index (χ1n) is 9.57. The smallest absolute Gasteiger partial charge is 0.408 e. The number of carbonyl (C=O) groups excluding carboxylic acids is 2. The van der Waals surface area contributed by atoms with E-state index in [9.17, 15) is 14.7 Å². The molecule has 0 aliphatic heterocycles. The Kier molecular flexibility index (Phi) is 7.66. The number of benzene rings is 1. The molecule has 0 bridgehead atoms. The first-order chi connectivity index (χ1) is 12.6. The summed E-state index contributed by atoms with van der Waals surface area (Å²) >= 11 is 0. The number of alkyl carbamates (subject to hydrolysis) is 1. The summed E-state index contributed by atoms with van der Waals surface area (Å²) < 4.78 is 11.3. The number of ketones is 1. The maximum absolute atomic E-state index is 13.0. The molecule has 6 nitrogen and oxygen atoms in total. The lowest BCUT2D eigenvalue weighted by molar-refractivity contribution is -0.140. The van der Waals surface area contributed by atoms with Crippen LogP contribution in [0.2, 0.25) is 0 Å². The minimum Gasteiger partial charge on any atom is -0.508 e. The lowest BCUT2D eigenvalue weighted by atomic mass is 9.93. The topological polar surface area (TPSA) is 84.9 Å². The first kappa shape index (κ1) is 24.0. The Morgan fingerprint density at radius 3 is 1.96 bits per heavy atom. The Balaban J connectivity index is 2.96. The summed E-state index contributed by atoms with van der Waals surface area (Å²) in [6.45, 7) is 14.8. The predicted octanol–water partition coefficient (Wildman–Crippen LogP) is 4.38. The van der Waals surface area contributed by atoms with Crippen molar-refractivity contribution < 1.29 is 24.2 Å². The number of carbonyl (C=O) groups is 2. The van der Waals surface area contributed by atoms with Crippen LogP contribution in [0.25, 0.3) is 0 Å². The van der Waals surface area contributed by atoms with Crippen LogP contribution in [0, 0.1) is 0 Å². The molecule has 0 saturated heterocycles. The zero-order chi connectivity index (χ0) is 21.8. The monoisotopic (exact) mass is 393 g/mol. The van der Waals surface area contributed by atoms with E-state index in [2.05, 4.69) is 5.32 Å². The summed E-state index contributed by atoms with van der Waals surface area (Å²) in [5.41, 5.74) is -0.917. The number of amides is 1. The van der Waals surface area contributed by atoms with Gasteiger partial charge in [0.2, 0.25) is 0 Å². The predicted molar refractivity (Wildman–Crippen MR) is 110 cm³/mol. The molecule has 0 spiro atoms. The molecule has 1 aromatic carbocycles. The minimum absolute atomic E-state index is 0.142. The number of ether oxygens (including phenoxy) is 2. The molecule has 1 rings (SSSR count). The van der Waals surface area contributed by atoms with Gasteiger partial charge in [0.1, 0.15) is 11.4 Å². The van der Waals surface area contributed by atoms with Crippen molar-refractivity contribution in [3.05, 3.63) is 29.8 Å². The van der Waals surface area contributed by atoms with Gasteiger partial charge in [-0.1, -0.05) is 12.1 Å². The number of phenols is 1. The number of phenolic OH excluding ortho intramolecular Hbond substituents is 1. The van der Waals surface area contributed by atoms with Crippen molar-refractivity contribution in [2.24, 2.45) is 0 Å². The molecule has 0 aliphatic rings. The van der Waals surface area contributed by atoms with E-state index in [0.29, 0.717) is 6.42 Å². The maximum Gasteiger partial charge on any atom is 0.408 e. The summed E-state index contributed by atoms with van der Waals surface area (Å²) in [7, 11) is 0. The van der Waals surface area contributed by atoms with Gasteiger partial charge in [-0.15, -0.1) is 0 Å². The molecule has 28 heavy (non-hydrogen) atoms. The highest BCUT2D eigenvalue weighted by Crippen LogP contribution is 2.24. The second-order valence-corrected chi connectivity index (χ2v) is 9.69. The van der Waals surface area contributed by atoms with Crippen LogP contribution < -0.4 is 5.32 Å². The number of hydrogen-bond acceptors (Lipinski definition) is 5. The molecule has 1 aromatic rings. The largest absolute Gasteiger partial charge is 0.508 e. The summed E-state index contributed by atoms with van der Waals surface area (Å²) in [5.74, 6) is -0.000349. The van der Waals surface area contributed by atoms with Crippen molar-refractivity contribution in [1.82, 2.24) is 5.32 Å². The fourth-order valence-corrected chi connectivity index (χ4v) is 2.97. The van der Waals surface area contributed by atoms with E-state index in [-0.39, 0.29) is 18.0 Å². The van der Waals surface area contributed by atoms with Crippen LogP contribution in [0.3, 0.4) is 0 Å². The fourth-order valence-electron chi connectivity index (χ4n) is 2.97. The Hall–Kier alpha value is -2.08. The summed E-state index contributed by atoms with van der Waals surface area (Å²) in [5, 5.41) is 12.2. The second kappa shape index (κ2) is 8.95. The van der Waals surface area contributed by atoms with Crippen molar-refractivity contribution in [1.29, 1.82) is 0 Å². The molecule has 0 unspecified atom stereocenters. The number of nitrogens with one attached hydrogen (secondary N) is 1. The Morgan fingerprint density at radius 1 is 0.964 bits per heavy atom. The molecule has 6 heteroatoms. The Morgan fingerprint density at radius 2 is 1.50 bits per heavy atom. The molecular formula is C22H35NO5. The number of Topliss-reactive ketones (excluding diaryl/α,β-unsaturated/α-hetero) is 1. The molecular weight excluding hydrogens is 358 g/mol. The van der Waals surface area contributed by atoms with E-state index >= 15 is 0 Å². The fraction of sp³-hybridized carbons (Fsp3) is 0.636. The van der Waals surface area contributed by atoms with Crippen LogP contribution in [0.1, 0.15) is 67.4 Å². The van der Waals surface area contributed by atoms with E-state index < -0.39 is 28.9 Å². The molecule has 1 atom stereocenters. The van der Waals surface area contributed by atoms with Crippen LogP contribution in [0.4, 0.5) is 4.79 Å². The van der Waals surface area contributed by atoms with Crippen molar-refractivity contribution in [3.63, 3.8) is 0 Å². The molecule has 0 saturated carbocycles. The van der Waals surface area contributed by atoms with E-state index in [1.807, 2.05) is 34.6 Å². The average molecular weight is 394 g/mol. The van der Waals surface area contributed by atoms with Gasteiger partial charge in [0.15, 0.2) is 5.78 Å². The highest BCUT2D eigenvalue weighted by molar-refractivity contribution is 5.88. The summed E-state index contributed by atoms with van der Waals surface area (Å²) in [6.07, 6.45) is -0.202. The number of aromatic hydroxyl groups is 1. The standard InChI is InChI=1S/C22H35NO5/c1-20(2,3)27-19(26)23-17(13-15-9-11-16(24)12-10-15)18(25)14-22(7,8)28-21(4,5)6/h9-12,17,24H,13-14H2,1-8H3,(H,23,26)/t17-/m0/s1. The van der Waals surface area contributed by atoms with Gasteiger partial charge in [-0.2, -0.15) is 0 Å². The number of rotatable bonds is 7. The van der Waals surface area contributed by atoms with Gasteiger partial charge in [0, 0.05) is 6.42 Å². The molecule has 2 N–H and O–H groups in total. The molecule has 158 valence electrons. The lowest BCUT2D eigenvalue weighted by Crippen LogP contribution is -2.47. The van der Waals surface area contributed by atoms with Gasteiger partial charge in [0.25, 0.3) is 0 Å². The van der Waals surface area contributed by atoms with Crippen molar-refractivity contribution in [3.8, 4) is 5.75 Å². The highest BCUT2D eigenvalue weighted by Gasteiger charge is 2.32. The summed E-state index contributed by atoms with van der Waals surface area (Å²) in [6, 6.07) is 5.79. The first-order valence-corrected chi connectivity index (χ1v) is 9.57. The quantitative estimate of drug-likeness (QED) is 0.718. The van der Waals surface area contributed by atoms with Crippen molar-refractivity contribution in [2.45, 2.75) is 91.1 Å². The minimum atomic E-state index is -0.762. The molecule has 0 aliphatic carbocycles. The third-order valence-electron chi connectivity index (χ3n) is 3.64. The van der Waals surface area contributed by atoms with Crippen LogP contribution in [-0.4, -0.2) is 39.8 Å². The van der Waals surface area contributed by atoms with E-state index in [1.165, 1.54) is 0 Å². The molecule has 0 radical (unpaired) electrons. The van der Waals surface area contributed by atoms with Crippen LogP contribution in [0.15, 0.2) is 24.3 Å². The normalized spacial score (nSPS) is 13.7. The van der Waals surface area contributed by atoms with Crippen LogP contribution in [-0.2, 0) is 20.7 Å². The third-order valence-corrected chi connectivity index (χ3v) is 3.64. The van der Waals surface area contributed by atoms with Gasteiger partial charge in [-0.05, 0) is 79.5 Å². The SMILES string of the molecule is CC(C)(C)OC(=O)N[C@@H](Cc1ccc(O)cc1)C(=O)CC(C)(C)OC(C)(C)C. The van der Waals surface area contributed by atoms with Gasteiger partial charge >= 0.3 is 6.09 Å². The lowest BCUT2D eigenvalue weighted by Gasteiger charge is -2.34. The van der Waals surface area contributed by atoms with Crippen molar-refractivity contribution in [2.75, 3.05) is 0 Å². The summed E-state index contributed by atoms with van der Waals surface area (Å²) in [4.78, 5) is 25.3. The van der Waals surface area contributed by atoms with Gasteiger partial charge in [0.05, 0.1) is 17.2 Å². The van der Waals surface area contributed by atoms with E-state index in [0.717, 1.165) is 5.56 Å².